The van der Waals surface area contributed by atoms with E-state index in [1.807, 2.05) is 12.3 Å². The third kappa shape index (κ3) is 3.17. The molecule has 110 valence electrons. The molecule has 0 bridgehead atoms. The summed E-state index contributed by atoms with van der Waals surface area (Å²) in [6.07, 6.45) is 2.43. The van der Waals surface area contributed by atoms with E-state index in [2.05, 4.69) is 18.8 Å². The molecular formula is C14H21N3O2S. The summed E-state index contributed by atoms with van der Waals surface area (Å²) < 4.78 is 0. The summed E-state index contributed by atoms with van der Waals surface area (Å²) in [5, 5.41) is 2.77. The second-order valence-corrected chi connectivity index (χ2v) is 6.42. The van der Waals surface area contributed by atoms with Gasteiger partial charge in [-0.25, -0.2) is 4.98 Å². The van der Waals surface area contributed by atoms with Crippen molar-refractivity contribution >= 4 is 23.2 Å². The van der Waals surface area contributed by atoms with Gasteiger partial charge in [0.1, 0.15) is 11.0 Å². The van der Waals surface area contributed by atoms with Crippen LogP contribution in [0.2, 0.25) is 0 Å². The summed E-state index contributed by atoms with van der Waals surface area (Å²) in [6, 6.07) is -0.347. The van der Waals surface area contributed by atoms with Gasteiger partial charge in [0, 0.05) is 18.1 Å². The smallest absolute Gasteiger partial charge is 0.245 e. The Morgan fingerprint density at radius 2 is 2.20 bits per heavy atom. The first-order valence-corrected chi connectivity index (χ1v) is 7.87. The van der Waals surface area contributed by atoms with E-state index in [0.29, 0.717) is 25.4 Å². The fourth-order valence-corrected chi connectivity index (χ4v) is 3.08. The first-order chi connectivity index (χ1) is 9.52. The van der Waals surface area contributed by atoms with Crippen LogP contribution in [0.1, 0.15) is 32.2 Å². The number of hydrogen-bond acceptors (Lipinski definition) is 4. The number of thiazole rings is 1. The molecule has 6 heteroatoms. The number of nitrogens with zero attached hydrogens (tertiary/aromatic N) is 3. The van der Waals surface area contributed by atoms with Crippen LogP contribution in [-0.2, 0) is 16.1 Å². The van der Waals surface area contributed by atoms with Gasteiger partial charge in [-0.2, -0.15) is 0 Å². The molecule has 1 aromatic heterocycles. The van der Waals surface area contributed by atoms with Gasteiger partial charge in [-0.15, -0.1) is 11.3 Å². The van der Waals surface area contributed by atoms with Crippen molar-refractivity contribution in [3.05, 3.63) is 16.6 Å². The summed E-state index contributed by atoms with van der Waals surface area (Å²) in [5.41, 5.74) is 0. The first kappa shape index (κ1) is 15.0. The van der Waals surface area contributed by atoms with Crippen molar-refractivity contribution in [2.75, 3.05) is 13.1 Å². The van der Waals surface area contributed by atoms with Gasteiger partial charge in [-0.05, 0) is 19.3 Å². The molecule has 0 spiro atoms. The molecule has 2 rings (SSSR count). The fraction of sp³-hybridized carbons (Fsp3) is 0.643. The maximum atomic E-state index is 12.5. The maximum absolute atomic E-state index is 12.5. The summed E-state index contributed by atoms with van der Waals surface area (Å²) in [7, 11) is 0. The molecule has 0 radical (unpaired) electrons. The van der Waals surface area contributed by atoms with Gasteiger partial charge in [-0.3, -0.25) is 9.59 Å². The second kappa shape index (κ2) is 6.35. The minimum absolute atomic E-state index is 0.0206. The monoisotopic (exact) mass is 295 g/mol. The summed E-state index contributed by atoms with van der Waals surface area (Å²) >= 11 is 1.52. The minimum Gasteiger partial charge on any atom is -0.332 e. The Kier molecular flexibility index (Phi) is 4.75. The molecule has 1 aromatic rings. The van der Waals surface area contributed by atoms with Crippen LogP contribution in [0.3, 0.4) is 0 Å². The molecule has 0 N–H and O–H groups in total. The van der Waals surface area contributed by atoms with E-state index in [0.717, 1.165) is 5.01 Å². The molecule has 1 atom stereocenters. The van der Waals surface area contributed by atoms with Gasteiger partial charge >= 0.3 is 0 Å². The fourth-order valence-electron chi connectivity index (χ4n) is 2.47. The standard InChI is InChI=1S/C14H21N3O2S/c1-4-16-9-13(18)17(8-12-15-5-6-20-12)11(14(16)19)7-10(2)3/h5-6,10-11H,4,7-9H2,1-3H3/t11-/m0/s1. The Morgan fingerprint density at radius 3 is 2.75 bits per heavy atom. The zero-order valence-corrected chi connectivity index (χ0v) is 13.0. The van der Waals surface area contributed by atoms with Gasteiger partial charge in [0.25, 0.3) is 0 Å². The minimum atomic E-state index is -0.347. The van der Waals surface area contributed by atoms with Crippen molar-refractivity contribution in [2.45, 2.75) is 39.8 Å². The zero-order valence-electron chi connectivity index (χ0n) is 12.2. The number of likely N-dealkylation sites (N-methyl/N-ethyl adjacent to an activating group) is 1. The molecule has 5 nitrogen and oxygen atoms in total. The van der Waals surface area contributed by atoms with Crippen LogP contribution in [0.15, 0.2) is 11.6 Å². The van der Waals surface area contributed by atoms with E-state index >= 15 is 0 Å². The van der Waals surface area contributed by atoms with Crippen LogP contribution in [0.25, 0.3) is 0 Å². The Morgan fingerprint density at radius 1 is 1.45 bits per heavy atom. The lowest BCUT2D eigenvalue weighted by atomic mass is 9.99. The lowest BCUT2D eigenvalue weighted by Gasteiger charge is -2.40. The van der Waals surface area contributed by atoms with Crippen LogP contribution < -0.4 is 0 Å². The van der Waals surface area contributed by atoms with E-state index in [9.17, 15) is 9.59 Å². The number of carbonyl (C=O) groups is 2. The molecule has 2 amide bonds. The number of carbonyl (C=O) groups excluding carboxylic acids is 2. The van der Waals surface area contributed by atoms with E-state index in [1.165, 1.54) is 11.3 Å². The molecule has 0 aromatic carbocycles. The van der Waals surface area contributed by atoms with Crippen LogP contribution in [0.5, 0.6) is 0 Å². The van der Waals surface area contributed by atoms with Crippen LogP contribution in [0, 0.1) is 5.92 Å². The average Bonchev–Trinajstić information content (AvgIpc) is 2.90. The van der Waals surface area contributed by atoms with Crippen molar-refractivity contribution in [3.8, 4) is 0 Å². The lowest BCUT2D eigenvalue weighted by Crippen LogP contribution is -2.59. The number of hydrogen-bond donors (Lipinski definition) is 0. The molecule has 2 heterocycles. The molecule has 0 aliphatic carbocycles. The van der Waals surface area contributed by atoms with Crippen LogP contribution in [-0.4, -0.2) is 45.7 Å². The molecule has 0 saturated carbocycles. The molecule has 1 fully saturated rings. The zero-order chi connectivity index (χ0) is 14.7. The third-order valence-electron chi connectivity index (χ3n) is 3.48. The highest BCUT2D eigenvalue weighted by Gasteiger charge is 2.39. The lowest BCUT2D eigenvalue weighted by molar-refractivity contribution is -0.157. The summed E-state index contributed by atoms with van der Waals surface area (Å²) in [4.78, 5) is 32.4. The van der Waals surface area contributed by atoms with Gasteiger partial charge in [0.05, 0.1) is 13.1 Å². The Balaban J connectivity index is 2.20. The quantitative estimate of drug-likeness (QED) is 0.831. The van der Waals surface area contributed by atoms with E-state index in [-0.39, 0.29) is 24.4 Å². The number of aromatic nitrogens is 1. The summed E-state index contributed by atoms with van der Waals surface area (Å²) in [5.74, 6) is 0.456. The van der Waals surface area contributed by atoms with Gasteiger partial charge in [0.15, 0.2) is 0 Å². The maximum Gasteiger partial charge on any atom is 0.245 e. The molecule has 1 aliphatic rings. The largest absolute Gasteiger partial charge is 0.332 e. The average molecular weight is 295 g/mol. The molecular weight excluding hydrogens is 274 g/mol. The highest BCUT2D eigenvalue weighted by Crippen LogP contribution is 2.22. The predicted octanol–water partition coefficient (Wildman–Crippen LogP) is 1.75. The predicted molar refractivity (Wildman–Crippen MR) is 78.2 cm³/mol. The topological polar surface area (TPSA) is 53.5 Å². The Labute approximate surface area is 123 Å². The summed E-state index contributed by atoms with van der Waals surface area (Å²) in [6.45, 7) is 7.28. The molecule has 20 heavy (non-hydrogen) atoms. The van der Waals surface area contributed by atoms with Gasteiger partial charge in [0.2, 0.25) is 11.8 Å². The van der Waals surface area contributed by atoms with Gasteiger partial charge in [-0.1, -0.05) is 13.8 Å². The number of rotatable bonds is 5. The van der Waals surface area contributed by atoms with Crippen molar-refractivity contribution in [2.24, 2.45) is 5.92 Å². The van der Waals surface area contributed by atoms with Crippen molar-refractivity contribution in [3.63, 3.8) is 0 Å². The first-order valence-electron chi connectivity index (χ1n) is 6.99. The normalized spacial score (nSPS) is 20.1. The van der Waals surface area contributed by atoms with Gasteiger partial charge < -0.3 is 9.80 Å². The SMILES string of the molecule is CCN1CC(=O)N(Cc2nccs2)[C@@H](CC(C)C)C1=O. The van der Waals surface area contributed by atoms with Crippen molar-refractivity contribution in [1.29, 1.82) is 0 Å². The third-order valence-corrected chi connectivity index (χ3v) is 4.25. The Bertz CT molecular complexity index is 473. The number of piperazine rings is 1. The van der Waals surface area contributed by atoms with Crippen molar-refractivity contribution in [1.82, 2.24) is 14.8 Å². The molecule has 0 unspecified atom stereocenters. The molecule has 1 saturated heterocycles. The Hall–Kier alpha value is -1.43. The number of amides is 2. The highest BCUT2D eigenvalue weighted by molar-refractivity contribution is 7.09. The van der Waals surface area contributed by atoms with E-state index in [1.54, 1.807) is 16.0 Å². The second-order valence-electron chi connectivity index (χ2n) is 5.45. The van der Waals surface area contributed by atoms with E-state index < -0.39 is 0 Å². The van der Waals surface area contributed by atoms with E-state index in [4.69, 9.17) is 0 Å². The highest BCUT2D eigenvalue weighted by atomic mass is 32.1. The molecule has 1 aliphatic heterocycles. The van der Waals surface area contributed by atoms with Crippen molar-refractivity contribution < 1.29 is 9.59 Å². The van der Waals surface area contributed by atoms with Crippen LogP contribution >= 0.6 is 11.3 Å². The van der Waals surface area contributed by atoms with Crippen LogP contribution in [0.4, 0.5) is 0 Å².